The monoisotopic (exact) mass is 248 g/mol. The van der Waals surface area contributed by atoms with Crippen LogP contribution in [0, 0.1) is 5.92 Å². The van der Waals surface area contributed by atoms with Crippen LogP contribution in [-0.4, -0.2) is 37.7 Å². The topological polar surface area (TPSA) is 50.4 Å². The van der Waals surface area contributed by atoms with Crippen LogP contribution >= 0.6 is 12.4 Å². The van der Waals surface area contributed by atoms with Crippen molar-refractivity contribution in [2.45, 2.75) is 38.3 Å². The van der Waals surface area contributed by atoms with Gasteiger partial charge in [-0.25, -0.2) is 0 Å². The standard InChI is InChI=1S/C11H20N2O2.ClH/c1-8(10-3-2-6-15-10)13-11(14)9-4-5-12-7-9;/h8-10,12H,2-7H2,1H3,(H,13,14);1H/t8?,9-,10?;/m1./s1. The van der Waals surface area contributed by atoms with Crippen LogP contribution in [-0.2, 0) is 9.53 Å². The summed E-state index contributed by atoms with van der Waals surface area (Å²) in [7, 11) is 0. The van der Waals surface area contributed by atoms with Crippen molar-refractivity contribution in [3.8, 4) is 0 Å². The molecular weight excluding hydrogens is 228 g/mol. The summed E-state index contributed by atoms with van der Waals surface area (Å²) in [6.07, 6.45) is 3.38. The van der Waals surface area contributed by atoms with Crippen LogP contribution in [0.1, 0.15) is 26.2 Å². The molecule has 0 aromatic heterocycles. The van der Waals surface area contributed by atoms with Crippen LogP contribution in [0.3, 0.4) is 0 Å². The summed E-state index contributed by atoms with van der Waals surface area (Å²) in [6.45, 7) is 4.67. The Bertz CT molecular complexity index is 226. The van der Waals surface area contributed by atoms with Gasteiger partial charge in [-0.3, -0.25) is 4.79 Å². The second-order valence-electron chi connectivity index (χ2n) is 4.54. The van der Waals surface area contributed by atoms with Crippen molar-refractivity contribution in [3.63, 3.8) is 0 Å². The summed E-state index contributed by atoms with van der Waals surface area (Å²) in [5.41, 5.74) is 0. The van der Waals surface area contributed by atoms with E-state index in [4.69, 9.17) is 4.74 Å². The summed E-state index contributed by atoms with van der Waals surface area (Å²) >= 11 is 0. The molecule has 2 heterocycles. The summed E-state index contributed by atoms with van der Waals surface area (Å²) in [4.78, 5) is 11.8. The molecule has 2 aliphatic rings. The van der Waals surface area contributed by atoms with E-state index in [1.165, 1.54) is 0 Å². The Kier molecular flexibility index (Phi) is 5.52. The number of hydrogen-bond acceptors (Lipinski definition) is 3. The lowest BCUT2D eigenvalue weighted by Gasteiger charge is -2.21. The van der Waals surface area contributed by atoms with E-state index in [0.717, 1.165) is 39.0 Å². The fourth-order valence-electron chi connectivity index (χ4n) is 2.31. The zero-order chi connectivity index (χ0) is 10.7. The molecule has 1 amide bonds. The third-order valence-corrected chi connectivity index (χ3v) is 3.32. The van der Waals surface area contributed by atoms with Crippen LogP contribution < -0.4 is 10.6 Å². The molecule has 0 bridgehead atoms. The van der Waals surface area contributed by atoms with Gasteiger partial charge >= 0.3 is 0 Å². The number of hydrogen-bond donors (Lipinski definition) is 2. The summed E-state index contributed by atoms with van der Waals surface area (Å²) in [6, 6.07) is 0.153. The van der Waals surface area contributed by atoms with Crippen LogP contribution in [0.15, 0.2) is 0 Å². The highest BCUT2D eigenvalue weighted by molar-refractivity contribution is 5.85. The molecule has 2 saturated heterocycles. The molecule has 2 aliphatic heterocycles. The Hall–Kier alpha value is -0.320. The van der Waals surface area contributed by atoms with E-state index in [0.29, 0.717) is 0 Å². The molecule has 16 heavy (non-hydrogen) atoms. The minimum Gasteiger partial charge on any atom is -0.376 e. The second kappa shape index (κ2) is 6.42. The maximum atomic E-state index is 11.8. The molecular formula is C11H21ClN2O2. The van der Waals surface area contributed by atoms with Crippen molar-refractivity contribution < 1.29 is 9.53 Å². The van der Waals surface area contributed by atoms with Gasteiger partial charge < -0.3 is 15.4 Å². The molecule has 0 aromatic carbocycles. The zero-order valence-electron chi connectivity index (χ0n) is 9.70. The van der Waals surface area contributed by atoms with Gasteiger partial charge in [-0.2, -0.15) is 0 Å². The summed E-state index contributed by atoms with van der Waals surface area (Å²) < 4.78 is 5.55. The van der Waals surface area contributed by atoms with E-state index in [1.54, 1.807) is 0 Å². The molecule has 2 N–H and O–H groups in total. The van der Waals surface area contributed by atoms with E-state index in [9.17, 15) is 4.79 Å². The Morgan fingerprint density at radius 1 is 1.50 bits per heavy atom. The van der Waals surface area contributed by atoms with Gasteiger partial charge in [-0.05, 0) is 32.7 Å². The van der Waals surface area contributed by atoms with Crippen LogP contribution in [0.2, 0.25) is 0 Å². The summed E-state index contributed by atoms with van der Waals surface area (Å²) in [5, 5.41) is 6.26. The van der Waals surface area contributed by atoms with Crippen LogP contribution in [0.4, 0.5) is 0 Å². The third kappa shape index (κ3) is 3.34. The van der Waals surface area contributed by atoms with Gasteiger partial charge in [0.15, 0.2) is 0 Å². The molecule has 0 spiro atoms. The van der Waals surface area contributed by atoms with Gasteiger partial charge in [0.05, 0.1) is 18.1 Å². The summed E-state index contributed by atoms with van der Waals surface area (Å²) in [5.74, 6) is 0.344. The predicted octanol–water partition coefficient (Wildman–Crippen LogP) is 0.701. The molecule has 94 valence electrons. The van der Waals surface area contributed by atoms with Crippen LogP contribution in [0.5, 0.6) is 0 Å². The number of rotatable bonds is 3. The SMILES string of the molecule is CC(NC(=O)[C@@H]1CCNC1)C1CCCO1.Cl. The van der Waals surface area contributed by atoms with Crippen LogP contribution in [0.25, 0.3) is 0 Å². The van der Waals surface area contributed by atoms with Gasteiger partial charge in [0, 0.05) is 13.2 Å². The zero-order valence-corrected chi connectivity index (χ0v) is 10.5. The molecule has 4 nitrogen and oxygen atoms in total. The van der Waals surface area contributed by atoms with Gasteiger partial charge in [-0.15, -0.1) is 12.4 Å². The van der Waals surface area contributed by atoms with E-state index in [-0.39, 0.29) is 36.4 Å². The highest BCUT2D eigenvalue weighted by atomic mass is 35.5. The first-order valence-corrected chi connectivity index (χ1v) is 5.90. The predicted molar refractivity (Wildman–Crippen MR) is 64.8 cm³/mol. The quantitative estimate of drug-likeness (QED) is 0.773. The van der Waals surface area contributed by atoms with Crippen molar-refractivity contribution in [2.75, 3.05) is 19.7 Å². The Balaban J connectivity index is 0.00000128. The maximum Gasteiger partial charge on any atom is 0.224 e. The lowest BCUT2D eigenvalue weighted by atomic mass is 10.1. The number of amides is 1. The second-order valence-corrected chi connectivity index (χ2v) is 4.54. The van der Waals surface area contributed by atoms with Gasteiger partial charge in [0.1, 0.15) is 0 Å². The first kappa shape index (κ1) is 13.7. The van der Waals surface area contributed by atoms with Crippen molar-refractivity contribution in [3.05, 3.63) is 0 Å². The number of nitrogens with one attached hydrogen (secondary N) is 2. The van der Waals surface area contributed by atoms with Gasteiger partial charge in [0.25, 0.3) is 0 Å². The maximum absolute atomic E-state index is 11.8. The fourth-order valence-corrected chi connectivity index (χ4v) is 2.31. The molecule has 2 rings (SSSR count). The third-order valence-electron chi connectivity index (χ3n) is 3.32. The Morgan fingerprint density at radius 2 is 2.31 bits per heavy atom. The van der Waals surface area contributed by atoms with E-state index >= 15 is 0 Å². The number of halogens is 1. The normalized spacial score (nSPS) is 30.8. The molecule has 0 radical (unpaired) electrons. The molecule has 2 fully saturated rings. The number of carbonyl (C=O) groups is 1. The Morgan fingerprint density at radius 3 is 2.88 bits per heavy atom. The molecule has 2 unspecified atom stereocenters. The van der Waals surface area contributed by atoms with Crippen molar-refractivity contribution in [2.24, 2.45) is 5.92 Å². The average molecular weight is 249 g/mol. The largest absolute Gasteiger partial charge is 0.376 e. The van der Waals surface area contributed by atoms with Crippen molar-refractivity contribution in [1.82, 2.24) is 10.6 Å². The lowest BCUT2D eigenvalue weighted by Crippen LogP contribution is -2.44. The Labute approximate surface area is 103 Å². The smallest absolute Gasteiger partial charge is 0.224 e. The minimum absolute atomic E-state index is 0. The molecule has 5 heteroatoms. The molecule has 3 atom stereocenters. The van der Waals surface area contributed by atoms with Gasteiger partial charge in [0.2, 0.25) is 5.91 Å². The highest BCUT2D eigenvalue weighted by Gasteiger charge is 2.27. The molecule has 0 aliphatic carbocycles. The van der Waals surface area contributed by atoms with E-state index in [1.807, 2.05) is 6.92 Å². The highest BCUT2D eigenvalue weighted by Crippen LogP contribution is 2.16. The minimum atomic E-state index is 0. The molecule has 0 saturated carbocycles. The van der Waals surface area contributed by atoms with E-state index in [2.05, 4.69) is 10.6 Å². The van der Waals surface area contributed by atoms with Crippen molar-refractivity contribution in [1.29, 1.82) is 0 Å². The average Bonchev–Trinajstić information content (AvgIpc) is 2.91. The van der Waals surface area contributed by atoms with Crippen molar-refractivity contribution >= 4 is 18.3 Å². The van der Waals surface area contributed by atoms with Gasteiger partial charge in [-0.1, -0.05) is 0 Å². The molecule has 0 aromatic rings. The lowest BCUT2D eigenvalue weighted by molar-refractivity contribution is -0.125. The first-order valence-electron chi connectivity index (χ1n) is 5.90. The number of carbonyl (C=O) groups excluding carboxylic acids is 1. The van der Waals surface area contributed by atoms with E-state index < -0.39 is 0 Å². The first-order chi connectivity index (χ1) is 7.27. The number of ether oxygens (including phenoxy) is 1. The fraction of sp³-hybridized carbons (Fsp3) is 0.909.